The van der Waals surface area contributed by atoms with Crippen molar-refractivity contribution in [1.29, 1.82) is 0 Å². The zero-order valence-corrected chi connectivity index (χ0v) is 13.1. The Balaban J connectivity index is 3.83. The van der Waals surface area contributed by atoms with Gasteiger partial charge < -0.3 is 4.74 Å². The Kier molecular flexibility index (Phi) is 8.58. The molecule has 1 atom stereocenters. The molecular formula is C13H21F5O2S. The van der Waals surface area contributed by atoms with Gasteiger partial charge in [-0.25, -0.2) is 0 Å². The SMILES string of the molecule is CC(C)COC(=O)C(C)SCCCCC(F)(F)C(F)(F)F. The fourth-order valence-corrected chi connectivity index (χ4v) is 2.21. The first-order valence-electron chi connectivity index (χ1n) is 6.70. The molecule has 0 aliphatic rings. The molecule has 8 heteroatoms. The van der Waals surface area contributed by atoms with Crippen molar-refractivity contribution in [3.05, 3.63) is 0 Å². The van der Waals surface area contributed by atoms with Gasteiger partial charge in [0.15, 0.2) is 0 Å². The maximum atomic E-state index is 12.6. The van der Waals surface area contributed by atoms with Crippen LogP contribution >= 0.6 is 11.8 Å². The lowest BCUT2D eigenvalue weighted by atomic mass is 10.1. The van der Waals surface area contributed by atoms with Crippen LogP contribution in [-0.4, -0.2) is 35.7 Å². The summed E-state index contributed by atoms with van der Waals surface area (Å²) in [5.41, 5.74) is 0. The average Bonchev–Trinajstić information content (AvgIpc) is 2.33. The molecule has 0 fully saturated rings. The fraction of sp³-hybridized carbons (Fsp3) is 0.923. The van der Waals surface area contributed by atoms with Crippen molar-refractivity contribution in [2.45, 2.75) is 57.4 Å². The zero-order valence-electron chi connectivity index (χ0n) is 12.3. The van der Waals surface area contributed by atoms with E-state index in [1.54, 1.807) is 6.92 Å². The lowest BCUT2D eigenvalue weighted by Crippen LogP contribution is -2.36. The minimum absolute atomic E-state index is 0.193. The van der Waals surface area contributed by atoms with Crippen molar-refractivity contribution in [2.75, 3.05) is 12.4 Å². The predicted molar refractivity (Wildman–Crippen MR) is 72.6 cm³/mol. The van der Waals surface area contributed by atoms with Gasteiger partial charge >= 0.3 is 18.1 Å². The highest BCUT2D eigenvalue weighted by atomic mass is 32.2. The quantitative estimate of drug-likeness (QED) is 0.347. The van der Waals surface area contributed by atoms with Crippen LogP contribution in [0.4, 0.5) is 22.0 Å². The van der Waals surface area contributed by atoms with Crippen molar-refractivity contribution in [3.63, 3.8) is 0 Å². The molecule has 0 aromatic heterocycles. The van der Waals surface area contributed by atoms with Crippen molar-refractivity contribution in [2.24, 2.45) is 5.92 Å². The normalized spacial score (nSPS) is 14.3. The number of esters is 1. The molecule has 0 bridgehead atoms. The van der Waals surface area contributed by atoms with Crippen LogP contribution in [0.3, 0.4) is 0 Å². The molecule has 1 unspecified atom stereocenters. The highest BCUT2D eigenvalue weighted by Crippen LogP contribution is 2.39. The Hall–Kier alpha value is -0.530. The van der Waals surface area contributed by atoms with Crippen LogP contribution in [-0.2, 0) is 9.53 Å². The second-order valence-corrected chi connectivity index (χ2v) is 6.64. The van der Waals surface area contributed by atoms with E-state index in [4.69, 9.17) is 4.74 Å². The highest BCUT2D eigenvalue weighted by molar-refractivity contribution is 8.00. The summed E-state index contributed by atoms with van der Waals surface area (Å²) < 4.78 is 66.0. The molecule has 0 rings (SSSR count). The number of rotatable bonds is 9. The topological polar surface area (TPSA) is 26.3 Å². The van der Waals surface area contributed by atoms with E-state index in [2.05, 4.69) is 0 Å². The smallest absolute Gasteiger partial charge is 0.453 e. The van der Waals surface area contributed by atoms with E-state index >= 15 is 0 Å². The summed E-state index contributed by atoms with van der Waals surface area (Å²) in [6.45, 7) is 5.72. The lowest BCUT2D eigenvalue weighted by Gasteiger charge is -2.19. The third-order valence-electron chi connectivity index (χ3n) is 2.56. The molecule has 0 saturated heterocycles. The number of thioether (sulfide) groups is 1. The van der Waals surface area contributed by atoms with Gasteiger partial charge in [0.1, 0.15) is 0 Å². The minimum atomic E-state index is -5.49. The first-order chi connectivity index (χ1) is 9.47. The molecule has 0 saturated carbocycles. The summed E-state index contributed by atoms with van der Waals surface area (Å²) in [7, 11) is 0. The van der Waals surface area contributed by atoms with Crippen LogP contribution in [0.15, 0.2) is 0 Å². The Morgan fingerprint density at radius 3 is 2.14 bits per heavy atom. The summed E-state index contributed by atoms with van der Waals surface area (Å²) in [4.78, 5) is 11.5. The minimum Gasteiger partial charge on any atom is -0.465 e. The second kappa shape index (κ2) is 8.80. The van der Waals surface area contributed by atoms with E-state index in [9.17, 15) is 26.7 Å². The van der Waals surface area contributed by atoms with E-state index in [-0.39, 0.29) is 18.8 Å². The van der Waals surface area contributed by atoms with Gasteiger partial charge in [-0.2, -0.15) is 22.0 Å². The summed E-state index contributed by atoms with van der Waals surface area (Å²) in [5, 5.41) is -0.452. The van der Waals surface area contributed by atoms with Crippen LogP contribution < -0.4 is 0 Å². The number of carbonyl (C=O) groups is 1. The van der Waals surface area contributed by atoms with Crippen LogP contribution in [0.2, 0.25) is 0 Å². The van der Waals surface area contributed by atoms with Crippen molar-refractivity contribution in [1.82, 2.24) is 0 Å². The average molecular weight is 336 g/mol. The molecule has 0 aliphatic heterocycles. The molecule has 0 amide bonds. The number of carbonyl (C=O) groups excluding carboxylic acids is 1. The number of alkyl halides is 5. The molecule has 0 N–H and O–H groups in total. The molecule has 0 heterocycles. The van der Waals surface area contributed by atoms with Crippen molar-refractivity contribution >= 4 is 17.7 Å². The lowest BCUT2D eigenvalue weighted by molar-refractivity contribution is -0.284. The predicted octanol–water partition coefficient (Wildman–Crippen LogP) is 4.68. The third kappa shape index (κ3) is 8.48. The molecule has 0 spiro atoms. The largest absolute Gasteiger partial charge is 0.465 e. The van der Waals surface area contributed by atoms with E-state index < -0.39 is 29.7 Å². The third-order valence-corrected chi connectivity index (χ3v) is 3.78. The van der Waals surface area contributed by atoms with Crippen molar-refractivity contribution in [3.8, 4) is 0 Å². The highest BCUT2D eigenvalue weighted by Gasteiger charge is 2.56. The van der Waals surface area contributed by atoms with Gasteiger partial charge in [-0.1, -0.05) is 13.8 Å². The molecule has 0 aliphatic carbocycles. The van der Waals surface area contributed by atoms with Crippen LogP contribution in [0.25, 0.3) is 0 Å². The van der Waals surface area contributed by atoms with Gasteiger partial charge in [-0.05, 0) is 31.4 Å². The van der Waals surface area contributed by atoms with Gasteiger partial charge in [0, 0.05) is 6.42 Å². The summed E-state index contributed by atoms with van der Waals surface area (Å²) >= 11 is 1.19. The van der Waals surface area contributed by atoms with Gasteiger partial charge in [0.05, 0.1) is 11.9 Å². The molecule has 21 heavy (non-hydrogen) atoms. The molecule has 126 valence electrons. The summed E-state index contributed by atoms with van der Waals surface area (Å²) in [5.74, 6) is -4.48. The standard InChI is InChI=1S/C13H21F5O2S/c1-9(2)8-20-11(19)10(3)21-7-5-4-6-12(14,15)13(16,17)18/h9-10H,4-8H2,1-3H3. The zero-order chi connectivity index (χ0) is 16.7. The van der Waals surface area contributed by atoms with Gasteiger partial charge in [-0.15, -0.1) is 11.8 Å². The van der Waals surface area contributed by atoms with Gasteiger partial charge in [-0.3, -0.25) is 4.79 Å². The first-order valence-corrected chi connectivity index (χ1v) is 7.75. The number of halogens is 5. The molecular weight excluding hydrogens is 315 g/mol. The Bertz CT molecular complexity index is 318. The van der Waals surface area contributed by atoms with E-state index in [1.165, 1.54) is 11.8 Å². The molecule has 0 aromatic rings. The number of ether oxygens (including phenoxy) is 1. The van der Waals surface area contributed by atoms with E-state index in [0.717, 1.165) is 0 Å². The molecule has 2 nitrogen and oxygen atoms in total. The summed E-state index contributed by atoms with van der Waals surface area (Å²) in [6, 6.07) is 0. The van der Waals surface area contributed by atoms with Crippen LogP contribution in [0.5, 0.6) is 0 Å². The number of hydrogen-bond acceptors (Lipinski definition) is 3. The maximum absolute atomic E-state index is 12.6. The Morgan fingerprint density at radius 1 is 1.10 bits per heavy atom. The number of hydrogen-bond donors (Lipinski definition) is 0. The number of unbranched alkanes of at least 4 members (excludes halogenated alkanes) is 1. The van der Waals surface area contributed by atoms with E-state index in [0.29, 0.717) is 12.4 Å². The second-order valence-electron chi connectivity index (χ2n) is 5.20. The molecule has 0 radical (unpaired) electrons. The monoisotopic (exact) mass is 336 g/mol. The van der Waals surface area contributed by atoms with Crippen molar-refractivity contribution < 1.29 is 31.5 Å². The first kappa shape index (κ1) is 20.5. The Morgan fingerprint density at radius 2 is 1.67 bits per heavy atom. The fourth-order valence-electron chi connectivity index (χ4n) is 1.29. The summed E-state index contributed by atoms with van der Waals surface area (Å²) in [6.07, 6.45) is -6.76. The Labute approximate surface area is 125 Å². The van der Waals surface area contributed by atoms with Gasteiger partial charge in [0.25, 0.3) is 0 Å². The van der Waals surface area contributed by atoms with Crippen LogP contribution in [0, 0.1) is 5.92 Å². The molecule has 0 aromatic carbocycles. The van der Waals surface area contributed by atoms with Crippen LogP contribution in [0.1, 0.15) is 40.0 Å². The van der Waals surface area contributed by atoms with Gasteiger partial charge in [0.2, 0.25) is 0 Å². The van der Waals surface area contributed by atoms with E-state index in [1.807, 2.05) is 13.8 Å². The maximum Gasteiger partial charge on any atom is 0.453 e.